The van der Waals surface area contributed by atoms with E-state index in [0.717, 1.165) is 37.2 Å². The van der Waals surface area contributed by atoms with E-state index >= 15 is 0 Å². The van der Waals surface area contributed by atoms with Crippen molar-refractivity contribution in [2.75, 3.05) is 18.4 Å². The average molecular weight is 371 g/mol. The molecule has 1 aliphatic rings. The van der Waals surface area contributed by atoms with Gasteiger partial charge in [0.15, 0.2) is 5.78 Å². The third-order valence-corrected chi connectivity index (χ3v) is 5.25. The van der Waals surface area contributed by atoms with Crippen LogP contribution in [-0.4, -0.2) is 35.7 Å². The zero-order valence-electron chi connectivity index (χ0n) is 14.8. The molecule has 3 rings (SSSR count). The van der Waals surface area contributed by atoms with Crippen molar-refractivity contribution in [1.29, 1.82) is 0 Å². The molecule has 1 fully saturated rings. The smallest absolute Gasteiger partial charge is 0.241 e. The second-order valence-electron chi connectivity index (χ2n) is 6.71. The van der Waals surface area contributed by atoms with Crippen molar-refractivity contribution in [3.63, 3.8) is 0 Å². The molecule has 0 aliphatic carbocycles. The third-order valence-electron chi connectivity index (χ3n) is 5.00. The fraction of sp³-hybridized carbons (Fsp3) is 0.333. The number of halogens is 1. The number of nitrogens with zero attached hydrogens (tertiary/aromatic N) is 1. The van der Waals surface area contributed by atoms with Gasteiger partial charge >= 0.3 is 0 Å². The van der Waals surface area contributed by atoms with E-state index in [1.165, 1.54) is 0 Å². The third kappa shape index (κ3) is 4.51. The molecule has 0 aromatic heterocycles. The first kappa shape index (κ1) is 18.6. The number of carbonyl (C=O) groups excluding carboxylic acids is 2. The summed E-state index contributed by atoms with van der Waals surface area (Å²) in [5, 5.41) is 3.56. The Kier molecular flexibility index (Phi) is 6.07. The first-order valence-electron chi connectivity index (χ1n) is 8.94. The lowest BCUT2D eigenvalue weighted by Crippen LogP contribution is -2.47. The zero-order chi connectivity index (χ0) is 18.5. The summed E-state index contributed by atoms with van der Waals surface area (Å²) in [5.74, 6) is 0.212. The van der Waals surface area contributed by atoms with Gasteiger partial charge in [-0.25, -0.2) is 0 Å². The van der Waals surface area contributed by atoms with Gasteiger partial charge in [-0.15, -0.1) is 0 Å². The molecular formula is C21H23ClN2O2. The number of piperidine rings is 1. The van der Waals surface area contributed by atoms with Crippen LogP contribution in [0.5, 0.6) is 0 Å². The fourth-order valence-corrected chi connectivity index (χ4v) is 3.46. The van der Waals surface area contributed by atoms with E-state index in [2.05, 4.69) is 10.2 Å². The first-order valence-corrected chi connectivity index (χ1v) is 9.32. The lowest BCUT2D eigenvalue weighted by molar-refractivity contribution is -0.121. The number of Topliss-reactive ketones (excluding diaryl/α,β-unsaturated/α-hetero) is 1. The highest BCUT2D eigenvalue weighted by molar-refractivity contribution is 6.30. The monoisotopic (exact) mass is 370 g/mol. The minimum Gasteiger partial charge on any atom is -0.325 e. The molecule has 1 amide bonds. The molecule has 136 valence electrons. The lowest BCUT2D eigenvalue weighted by Gasteiger charge is -2.34. The molecule has 1 aliphatic heterocycles. The molecule has 1 saturated heterocycles. The van der Waals surface area contributed by atoms with Crippen molar-refractivity contribution in [3.05, 3.63) is 65.2 Å². The summed E-state index contributed by atoms with van der Waals surface area (Å²) in [4.78, 5) is 27.2. The van der Waals surface area contributed by atoms with E-state index in [9.17, 15) is 9.59 Å². The number of likely N-dealkylation sites (tertiary alicyclic amines) is 1. The van der Waals surface area contributed by atoms with E-state index in [1.807, 2.05) is 37.3 Å². The maximum absolute atomic E-state index is 12.6. The predicted molar refractivity (Wildman–Crippen MR) is 105 cm³/mol. The van der Waals surface area contributed by atoms with Crippen LogP contribution in [0, 0.1) is 5.92 Å². The second-order valence-corrected chi connectivity index (χ2v) is 7.15. The molecule has 0 radical (unpaired) electrons. The van der Waals surface area contributed by atoms with Crippen LogP contribution in [0.4, 0.5) is 5.69 Å². The molecule has 26 heavy (non-hydrogen) atoms. The van der Waals surface area contributed by atoms with E-state index in [0.29, 0.717) is 5.02 Å². The number of hydrogen-bond donors (Lipinski definition) is 1. The Hall–Kier alpha value is -2.17. The van der Waals surface area contributed by atoms with Crippen molar-refractivity contribution in [2.45, 2.75) is 25.8 Å². The molecule has 1 atom stereocenters. The van der Waals surface area contributed by atoms with Crippen LogP contribution in [-0.2, 0) is 4.79 Å². The Morgan fingerprint density at radius 2 is 1.65 bits per heavy atom. The van der Waals surface area contributed by atoms with Crippen LogP contribution >= 0.6 is 11.6 Å². The van der Waals surface area contributed by atoms with E-state index in [4.69, 9.17) is 11.6 Å². The summed E-state index contributed by atoms with van der Waals surface area (Å²) in [5.41, 5.74) is 1.51. The van der Waals surface area contributed by atoms with Gasteiger partial charge in [0.05, 0.1) is 6.04 Å². The number of benzene rings is 2. The highest BCUT2D eigenvalue weighted by Crippen LogP contribution is 2.23. The summed E-state index contributed by atoms with van der Waals surface area (Å²) in [6.07, 6.45) is 1.57. The molecule has 5 heteroatoms. The number of nitrogens with one attached hydrogen (secondary N) is 1. The Balaban J connectivity index is 1.53. The Morgan fingerprint density at radius 3 is 2.27 bits per heavy atom. The largest absolute Gasteiger partial charge is 0.325 e. The standard InChI is InChI=1S/C21H23ClN2O2/c1-15(21(26)23-19-9-7-18(22)8-10-19)24-13-11-17(12-14-24)20(25)16-5-3-2-4-6-16/h2-10,15,17H,11-14H2,1H3,(H,23,26). The molecule has 2 aromatic rings. The lowest BCUT2D eigenvalue weighted by atomic mass is 9.88. The maximum Gasteiger partial charge on any atom is 0.241 e. The van der Waals surface area contributed by atoms with Gasteiger partial charge in [-0.2, -0.15) is 0 Å². The van der Waals surface area contributed by atoms with Crippen molar-refractivity contribution < 1.29 is 9.59 Å². The Morgan fingerprint density at radius 1 is 1.04 bits per heavy atom. The predicted octanol–water partition coefficient (Wildman–Crippen LogP) is 4.26. The highest BCUT2D eigenvalue weighted by Gasteiger charge is 2.30. The number of carbonyl (C=O) groups is 2. The van der Waals surface area contributed by atoms with Crippen LogP contribution < -0.4 is 5.32 Å². The van der Waals surface area contributed by atoms with E-state index < -0.39 is 0 Å². The van der Waals surface area contributed by atoms with Gasteiger partial charge in [0.1, 0.15) is 0 Å². The van der Waals surface area contributed by atoms with E-state index in [1.54, 1.807) is 24.3 Å². The van der Waals surface area contributed by atoms with Crippen LogP contribution in [0.15, 0.2) is 54.6 Å². The summed E-state index contributed by atoms with van der Waals surface area (Å²) in [6, 6.07) is 16.3. The SMILES string of the molecule is CC(C(=O)Nc1ccc(Cl)cc1)N1CCC(C(=O)c2ccccc2)CC1. The summed E-state index contributed by atoms with van der Waals surface area (Å²) < 4.78 is 0. The van der Waals surface area contributed by atoms with Crippen LogP contribution in [0.2, 0.25) is 5.02 Å². The van der Waals surface area contributed by atoms with Crippen molar-refractivity contribution >= 4 is 29.0 Å². The van der Waals surface area contributed by atoms with Gasteiger partial charge in [-0.3, -0.25) is 14.5 Å². The minimum absolute atomic E-state index is 0.0415. The van der Waals surface area contributed by atoms with Crippen molar-refractivity contribution in [1.82, 2.24) is 4.90 Å². The van der Waals surface area contributed by atoms with E-state index in [-0.39, 0.29) is 23.7 Å². The number of rotatable bonds is 5. The average Bonchev–Trinajstić information content (AvgIpc) is 2.69. The van der Waals surface area contributed by atoms with Crippen LogP contribution in [0.25, 0.3) is 0 Å². The molecule has 0 bridgehead atoms. The van der Waals surface area contributed by atoms with Gasteiger partial charge in [-0.1, -0.05) is 41.9 Å². The van der Waals surface area contributed by atoms with Crippen LogP contribution in [0.3, 0.4) is 0 Å². The van der Waals surface area contributed by atoms with Crippen LogP contribution in [0.1, 0.15) is 30.1 Å². The molecule has 2 aromatic carbocycles. The van der Waals surface area contributed by atoms with Gasteiger partial charge in [0.25, 0.3) is 0 Å². The topological polar surface area (TPSA) is 49.4 Å². The molecular weight excluding hydrogens is 348 g/mol. The normalized spacial score (nSPS) is 16.8. The van der Waals surface area contributed by atoms with Gasteiger partial charge < -0.3 is 5.32 Å². The number of anilines is 1. The molecule has 0 saturated carbocycles. The van der Waals surface area contributed by atoms with Gasteiger partial charge in [0, 0.05) is 22.2 Å². The van der Waals surface area contributed by atoms with Crippen molar-refractivity contribution in [2.24, 2.45) is 5.92 Å². The zero-order valence-corrected chi connectivity index (χ0v) is 15.6. The second kappa shape index (κ2) is 8.47. The summed E-state index contributed by atoms with van der Waals surface area (Å²) in [6.45, 7) is 3.40. The summed E-state index contributed by atoms with van der Waals surface area (Å²) in [7, 11) is 0. The number of amides is 1. The van der Waals surface area contributed by atoms with Gasteiger partial charge in [-0.05, 0) is 57.1 Å². The highest BCUT2D eigenvalue weighted by atomic mass is 35.5. The Labute approximate surface area is 159 Å². The quantitative estimate of drug-likeness (QED) is 0.800. The Bertz CT molecular complexity index is 753. The summed E-state index contributed by atoms with van der Waals surface area (Å²) >= 11 is 5.87. The number of hydrogen-bond acceptors (Lipinski definition) is 3. The fourth-order valence-electron chi connectivity index (χ4n) is 3.33. The molecule has 1 heterocycles. The number of ketones is 1. The molecule has 4 nitrogen and oxygen atoms in total. The first-order chi connectivity index (χ1) is 12.5. The molecule has 1 unspecified atom stereocenters. The minimum atomic E-state index is -0.238. The van der Waals surface area contributed by atoms with Gasteiger partial charge in [0.2, 0.25) is 5.91 Å². The maximum atomic E-state index is 12.6. The molecule has 0 spiro atoms. The van der Waals surface area contributed by atoms with Crippen molar-refractivity contribution in [3.8, 4) is 0 Å². The molecule has 1 N–H and O–H groups in total.